The van der Waals surface area contributed by atoms with Crippen molar-refractivity contribution in [3.8, 4) is 0 Å². The van der Waals surface area contributed by atoms with Crippen LogP contribution < -0.4 is 5.32 Å². The first-order valence-electron chi connectivity index (χ1n) is 6.45. The van der Waals surface area contributed by atoms with Crippen molar-refractivity contribution in [2.24, 2.45) is 0 Å². The Hall–Kier alpha value is -1.33. The number of rotatable bonds is 5. The molecule has 2 aromatic rings. The molecule has 0 aliphatic rings. The molecule has 5 nitrogen and oxygen atoms in total. The Morgan fingerprint density at radius 1 is 1.37 bits per heavy atom. The highest BCUT2D eigenvalue weighted by Crippen LogP contribution is 2.22. The first-order chi connectivity index (χ1) is 9.08. The van der Waals surface area contributed by atoms with E-state index in [-0.39, 0.29) is 0 Å². The summed E-state index contributed by atoms with van der Waals surface area (Å²) in [7, 11) is 1.93. The highest BCUT2D eigenvalue weighted by atomic mass is 35.5. The lowest BCUT2D eigenvalue weighted by Crippen LogP contribution is -2.15. The first-order valence-corrected chi connectivity index (χ1v) is 6.83. The lowest BCUT2D eigenvalue weighted by Gasteiger charge is -2.12. The molecule has 0 atom stereocenters. The minimum atomic E-state index is 0.705. The van der Waals surface area contributed by atoms with Crippen molar-refractivity contribution in [1.29, 1.82) is 0 Å². The Balaban J connectivity index is 2.38. The van der Waals surface area contributed by atoms with Gasteiger partial charge in [-0.1, -0.05) is 11.6 Å². The summed E-state index contributed by atoms with van der Waals surface area (Å²) in [6.45, 7) is 8.33. The van der Waals surface area contributed by atoms with Crippen LogP contribution in [-0.2, 0) is 19.6 Å². The van der Waals surface area contributed by atoms with Gasteiger partial charge in [-0.05, 0) is 27.8 Å². The zero-order chi connectivity index (χ0) is 14.0. The maximum absolute atomic E-state index is 6.36. The topological polar surface area (TPSA) is 47.7 Å². The fourth-order valence-corrected chi connectivity index (χ4v) is 2.42. The average Bonchev–Trinajstić information content (AvgIpc) is 2.86. The van der Waals surface area contributed by atoms with Gasteiger partial charge >= 0.3 is 0 Å². The molecule has 0 amide bonds. The van der Waals surface area contributed by atoms with E-state index in [2.05, 4.69) is 26.9 Å². The van der Waals surface area contributed by atoms with E-state index in [0.717, 1.165) is 41.0 Å². The summed E-state index contributed by atoms with van der Waals surface area (Å²) >= 11 is 6.36. The van der Waals surface area contributed by atoms with Crippen LogP contribution in [-0.4, -0.2) is 26.4 Å². The quantitative estimate of drug-likeness (QED) is 0.913. The van der Waals surface area contributed by atoms with Crippen molar-refractivity contribution in [3.05, 3.63) is 34.1 Å². The fraction of sp³-hybridized carbons (Fsp3) is 0.538. The molecule has 2 aromatic heterocycles. The molecule has 0 bridgehead atoms. The summed E-state index contributed by atoms with van der Waals surface area (Å²) < 4.78 is 4.13. The molecule has 0 aliphatic carbocycles. The Labute approximate surface area is 118 Å². The predicted octanol–water partition coefficient (Wildman–Crippen LogP) is 2.14. The van der Waals surface area contributed by atoms with E-state index in [1.165, 1.54) is 0 Å². The second-order valence-electron chi connectivity index (χ2n) is 4.58. The Morgan fingerprint density at radius 2 is 2.11 bits per heavy atom. The van der Waals surface area contributed by atoms with Gasteiger partial charge in [0.2, 0.25) is 0 Å². The molecule has 0 aromatic carbocycles. The van der Waals surface area contributed by atoms with Gasteiger partial charge in [0.15, 0.2) is 0 Å². The number of imidazole rings is 1. The molecule has 0 saturated carbocycles. The van der Waals surface area contributed by atoms with Crippen LogP contribution in [0.3, 0.4) is 0 Å². The van der Waals surface area contributed by atoms with Crippen LogP contribution in [0.1, 0.15) is 29.8 Å². The monoisotopic (exact) mass is 281 g/mol. The van der Waals surface area contributed by atoms with Crippen LogP contribution >= 0.6 is 11.6 Å². The van der Waals surface area contributed by atoms with Crippen LogP contribution in [0.15, 0.2) is 6.20 Å². The van der Waals surface area contributed by atoms with Crippen LogP contribution in [0.5, 0.6) is 0 Å². The molecule has 2 rings (SSSR count). The number of nitrogens with one attached hydrogen (secondary N) is 1. The number of halogens is 1. The number of nitrogens with zero attached hydrogens (tertiary/aromatic N) is 4. The van der Waals surface area contributed by atoms with Gasteiger partial charge < -0.3 is 9.88 Å². The first kappa shape index (κ1) is 14.1. The summed E-state index contributed by atoms with van der Waals surface area (Å²) in [5.41, 5.74) is 3.07. The fourth-order valence-electron chi connectivity index (χ4n) is 2.22. The van der Waals surface area contributed by atoms with Crippen molar-refractivity contribution in [2.75, 3.05) is 7.05 Å². The van der Waals surface area contributed by atoms with Crippen molar-refractivity contribution in [3.63, 3.8) is 0 Å². The van der Waals surface area contributed by atoms with E-state index in [4.69, 9.17) is 11.6 Å². The number of hydrogen-bond acceptors (Lipinski definition) is 3. The maximum atomic E-state index is 6.36. The van der Waals surface area contributed by atoms with Gasteiger partial charge in [0.25, 0.3) is 0 Å². The van der Waals surface area contributed by atoms with E-state index >= 15 is 0 Å². The minimum Gasteiger partial charge on any atom is -0.325 e. The summed E-state index contributed by atoms with van der Waals surface area (Å²) in [6.07, 6.45) is 1.90. The van der Waals surface area contributed by atoms with Gasteiger partial charge in [-0.2, -0.15) is 5.10 Å². The Morgan fingerprint density at radius 3 is 2.74 bits per heavy atom. The molecule has 0 radical (unpaired) electrons. The highest BCUT2D eigenvalue weighted by Gasteiger charge is 2.15. The van der Waals surface area contributed by atoms with E-state index < -0.39 is 0 Å². The minimum absolute atomic E-state index is 0.705. The standard InChI is InChI=1S/C13H20ClN5/c1-5-19-12(13(14)9(2)17-19)8-18-10(3)16-7-11(18)6-15-4/h7,15H,5-6,8H2,1-4H3. The van der Waals surface area contributed by atoms with Gasteiger partial charge in [0, 0.05) is 19.3 Å². The molecule has 2 heterocycles. The van der Waals surface area contributed by atoms with E-state index in [1.54, 1.807) is 0 Å². The van der Waals surface area contributed by atoms with Crippen molar-refractivity contribution < 1.29 is 0 Å². The normalized spacial score (nSPS) is 11.2. The molecule has 19 heavy (non-hydrogen) atoms. The maximum Gasteiger partial charge on any atom is 0.106 e. The van der Waals surface area contributed by atoms with E-state index in [0.29, 0.717) is 6.54 Å². The molecular weight excluding hydrogens is 262 g/mol. The van der Waals surface area contributed by atoms with Crippen LogP contribution in [0, 0.1) is 13.8 Å². The van der Waals surface area contributed by atoms with Gasteiger partial charge in [-0.15, -0.1) is 0 Å². The summed E-state index contributed by atoms with van der Waals surface area (Å²) in [5.74, 6) is 0.989. The molecule has 1 N–H and O–H groups in total. The zero-order valence-electron chi connectivity index (χ0n) is 11.9. The number of aromatic nitrogens is 4. The molecule has 104 valence electrons. The van der Waals surface area contributed by atoms with Crippen LogP contribution in [0.2, 0.25) is 5.02 Å². The summed E-state index contributed by atoms with van der Waals surface area (Å²) in [5, 5.41) is 8.36. The van der Waals surface area contributed by atoms with Crippen molar-refractivity contribution in [1.82, 2.24) is 24.6 Å². The third-order valence-corrected chi connectivity index (χ3v) is 3.75. The number of aryl methyl sites for hydroxylation is 3. The summed E-state index contributed by atoms with van der Waals surface area (Å²) in [6, 6.07) is 0. The Bertz CT molecular complexity index is 570. The molecule has 0 fully saturated rings. The van der Waals surface area contributed by atoms with Gasteiger partial charge in [-0.25, -0.2) is 4.98 Å². The van der Waals surface area contributed by atoms with Crippen molar-refractivity contribution in [2.45, 2.75) is 40.4 Å². The summed E-state index contributed by atoms with van der Waals surface area (Å²) in [4.78, 5) is 4.37. The lowest BCUT2D eigenvalue weighted by atomic mass is 10.3. The SMILES string of the molecule is CCn1nc(C)c(Cl)c1Cn1c(CNC)cnc1C. The van der Waals surface area contributed by atoms with E-state index in [9.17, 15) is 0 Å². The smallest absolute Gasteiger partial charge is 0.106 e. The lowest BCUT2D eigenvalue weighted by molar-refractivity contribution is 0.580. The molecule has 6 heteroatoms. The number of hydrogen-bond donors (Lipinski definition) is 1. The second kappa shape index (κ2) is 5.75. The van der Waals surface area contributed by atoms with Crippen LogP contribution in [0.25, 0.3) is 0 Å². The molecule has 0 unspecified atom stereocenters. The second-order valence-corrected chi connectivity index (χ2v) is 4.95. The van der Waals surface area contributed by atoms with Gasteiger partial charge in [0.05, 0.1) is 28.6 Å². The predicted molar refractivity (Wildman–Crippen MR) is 76.5 cm³/mol. The van der Waals surface area contributed by atoms with Gasteiger partial charge in [0.1, 0.15) is 5.82 Å². The molecular formula is C13H20ClN5. The third-order valence-electron chi connectivity index (χ3n) is 3.26. The third kappa shape index (κ3) is 2.67. The average molecular weight is 282 g/mol. The van der Waals surface area contributed by atoms with Crippen LogP contribution in [0.4, 0.5) is 0 Å². The van der Waals surface area contributed by atoms with Crippen molar-refractivity contribution >= 4 is 11.6 Å². The van der Waals surface area contributed by atoms with Gasteiger partial charge in [-0.3, -0.25) is 4.68 Å². The van der Waals surface area contributed by atoms with E-state index in [1.807, 2.05) is 31.8 Å². The highest BCUT2D eigenvalue weighted by molar-refractivity contribution is 6.31. The Kier molecular flexibility index (Phi) is 4.27. The largest absolute Gasteiger partial charge is 0.325 e. The molecule has 0 aliphatic heterocycles. The zero-order valence-corrected chi connectivity index (χ0v) is 12.6. The molecule has 0 spiro atoms. The molecule has 0 saturated heterocycles.